The molecule has 1 aromatic heterocycles. The summed E-state index contributed by atoms with van der Waals surface area (Å²) in [5.74, 6) is 2.09. The number of carbonyl (C=O) groups excluding carboxylic acids is 1. The van der Waals surface area contributed by atoms with Crippen LogP contribution in [0.25, 0.3) is 0 Å². The lowest BCUT2D eigenvalue weighted by Gasteiger charge is -2.35. The Kier molecular flexibility index (Phi) is 4.14. The molecule has 0 spiro atoms. The molecule has 2 aliphatic rings. The summed E-state index contributed by atoms with van der Waals surface area (Å²) < 4.78 is 2.31. The molecular weight excluding hydrogens is 310 g/mol. The SMILES string of the molecule is Cc1cnc(C)n1CC1CCN(C(=O)C2(c3ccccc3)CC2)CC1. The van der Waals surface area contributed by atoms with Gasteiger partial charge in [-0.25, -0.2) is 4.98 Å². The number of benzene rings is 1. The van der Waals surface area contributed by atoms with Crippen LogP contribution >= 0.6 is 0 Å². The van der Waals surface area contributed by atoms with Crippen LogP contribution in [-0.2, 0) is 16.8 Å². The van der Waals surface area contributed by atoms with Gasteiger partial charge in [0.2, 0.25) is 5.91 Å². The number of amides is 1. The third-order valence-electron chi connectivity index (χ3n) is 6.08. The largest absolute Gasteiger partial charge is 0.342 e. The minimum absolute atomic E-state index is 0.217. The molecule has 1 aliphatic carbocycles. The molecule has 2 aromatic rings. The summed E-state index contributed by atoms with van der Waals surface area (Å²) in [6.45, 7) is 7.01. The molecule has 0 bridgehead atoms. The van der Waals surface area contributed by atoms with Crippen LogP contribution in [0.15, 0.2) is 36.5 Å². The third kappa shape index (κ3) is 2.99. The zero-order chi connectivity index (χ0) is 17.4. The maximum Gasteiger partial charge on any atom is 0.233 e. The molecule has 25 heavy (non-hydrogen) atoms. The minimum Gasteiger partial charge on any atom is -0.342 e. The summed E-state index contributed by atoms with van der Waals surface area (Å²) in [4.78, 5) is 19.6. The predicted molar refractivity (Wildman–Crippen MR) is 98.4 cm³/mol. The van der Waals surface area contributed by atoms with Crippen molar-refractivity contribution in [1.29, 1.82) is 0 Å². The zero-order valence-corrected chi connectivity index (χ0v) is 15.2. The second kappa shape index (κ2) is 6.32. The van der Waals surface area contributed by atoms with Crippen LogP contribution in [0.5, 0.6) is 0 Å². The smallest absolute Gasteiger partial charge is 0.233 e. The van der Waals surface area contributed by atoms with Gasteiger partial charge in [0.05, 0.1) is 5.41 Å². The van der Waals surface area contributed by atoms with Gasteiger partial charge in [-0.2, -0.15) is 0 Å². The van der Waals surface area contributed by atoms with Gasteiger partial charge < -0.3 is 9.47 Å². The molecule has 1 aromatic carbocycles. The van der Waals surface area contributed by atoms with Crippen molar-refractivity contribution in [3.05, 3.63) is 53.6 Å². The Morgan fingerprint density at radius 3 is 2.40 bits per heavy atom. The average molecular weight is 337 g/mol. The number of aromatic nitrogens is 2. The molecule has 0 N–H and O–H groups in total. The van der Waals surface area contributed by atoms with Crippen molar-refractivity contribution in [1.82, 2.24) is 14.5 Å². The van der Waals surface area contributed by atoms with E-state index in [1.54, 1.807) is 0 Å². The summed E-state index contributed by atoms with van der Waals surface area (Å²) in [6, 6.07) is 10.3. The maximum absolute atomic E-state index is 13.1. The van der Waals surface area contributed by atoms with E-state index >= 15 is 0 Å². The monoisotopic (exact) mass is 337 g/mol. The summed E-state index contributed by atoms with van der Waals surface area (Å²) in [5, 5.41) is 0. The summed E-state index contributed by atoms with van der Waals surface area (Å²) in [5.41, 5.74) is 2.22. The van der Waals surface area contributed by atoms with Crippen LogP contribution in [0, 0.1) is 19.8 Å². The van der Waals surface area contributed by atoms with Crippen molar-refractivity contribution in [3.8, 4) is 0 Å². The molecule has 132 valence electrons. The Balaban J connectivity index is 1.38. The first-order valence-corrected chi connectivity index (χ1v) is 9.44. The van der Waals surface area contributed by atoms with Crippen molar-refractivity contribution in [2.24, 2.45) is 5.92 Å². The van der Waals surface area contributed by atoms with Gasteiger partial charge in [-0.1, -0.05) is 30.3 Å². The molecule has 1 aliphatic heterocycles. The first-order chi connectivity index (χ1) is 12.1. The van der Waals surface area contributed by atoms with Crippen molar-refractivity contribution < 1.29 is 4.79 Å². The quantitative estimate of drug-likeness (QED) is 0.857. The first-order valence-electron chi connectivity index (χ1n) is 9.44. The number of likely N-dealkylation sites (tertiary alicyclic amines) is 1. The number of nitrogens with zero attached hydrogens (tertiary/aromatic N) is 3. The fourth-order valence-corrected chi connectivity index (χ4v) is 4.25. The highest BCUT2D eigenvalue weighted by atomic mass is 16.2. The van der Waals surface area contributed by atoms with E-state index in [9.17, 15) is 4.79 Å². The van der Waals surface area contributed by atoms with Crippen LogP contribution in [0.4, 0.5) is 0 Å². The number of piperidine rings is 1. The summed E-state index contributed by atoms with van der Waals surface area (Å²) >= 11 is 0. The maximum atomic E-state index is 13.1. The van der Waals surface area contributed by atoms with Gasteiger partial charge in [0.25, 0.3) is 0 Å². The number of hydrogen-bond acceptors (Lipinski definition) is 2. The molecule has 0 unspecified atom stereocenters. The van der Waals surface area contributed by atoms with E-state index < -0.39 is 0 Å². The van der Waals surface area contributed by atoms with Gasteiger partial charge >= 0.3 is 0 Å². The molecule has 2 heterocycles. The third-order valence-corrected chi connectivity index (χ3v) is 6.08. The van der Waals surface area contributed by atoms with Crippen molar-refractivity contribution in [3.63, 3.8) is 0 Å². The predicted octanol–water partition coefficient (Wildman–Crippen LogP) is 3.47. The van der Waals surface area contributed by atoms with Gasteiger partial charge in [0, 0.05) is 31.5 Å². The van der Waals surface area contributed by atoms with E-state index in [-0.39, 0.29) is 5.41 Å². The summed E-state index contributed by atoms with van der Waals surface area (Å²) in [7, 11) is 0. The summed E-state index contributed by atoms with van der Waals surface area (Å²) in [6.07, 6.45) is 6.14. The van der Waals surface area contributed by atoms with Gasteiger partial charge in [-0.3, -0.25) is 4.79 Å². The van der Waals surface area contributed by atoms with Gasteiger partial charge in [-0.05, 0) is 51.0 Å². The zero-order valence-electron chi connectivity index (χ0n) is 15.2. The Morgan fingerprint density at radius 2 is 1.84 bits per heavy atom. The Labute approximate surface area is 149 Å². The molecule has 2 fully saturated rings. The molecule has 4 nitrogen and oxygen atoms in total. The topological polar surface area (TPSA) is 38.1 Å². The van der Waals surface area contributed by atoms with Crippen LogP contribution in [0.3, 0.4) is 0 Å². The fourth-order valence-electron chi connectivity index (χ4n) is 4.25. The van der Waals surface area contributed by atoms with E-state index in [1.165, 1.54) is 11.3 Å². The van der Waals surface area contributed by atoms with Crippen LogP contribution < -0.4 is 0 Å². The van der Waals surface area contributed by atoms with Crippen LogP contribution in [-0.4, -0.2) is 33.4 Å². The Morgan fingerprint density at radius 1 is 1.16 bits per heavy atom. The van der Waals surface area contributed by atoms with E-state index in [0.29, 0.717) is 11.8 Å². The average Bonchev–Trinajstić information content (AvgIpc) is 3.41. The molecular formula is C21H27N3O. The number of imidazole rings is 1. The van der Waals surface area contributed by atoms with E-state index in [1.807, 2.05) is 24.4 Å². The van der Waals surface area contributed by atoms with Crippen LogP contribution in [0.2, 0.25) is 0 Å². The van der Waals surface area contributed by atoms with E-state index in [0.717, 1.165) is 51.1 Å². The number of aryl methyl sites for hydroxylation is 2. The fraction of sp³-hybridized carbons (Fsp3) is 0.524. The molecule has 0 atom stereocenters. The highest BCUT2D eigenvalue weighted by Crippen LogP contribution is 2.49. The highest BCUT2D eigenvalue weighted by Gasteiger charge is 2.53. The van der Waals surface area contributed by atoms with Crippen molar-refractivity contribution >= 4 is 5.91 Å². The standard InChI is InChI=1S/C21H27N3O/c1-16-14-22-17(2)24(16)15-18-8-12-23(13-9-18)20(25)21(10-11-21)19-6-4-3-5-7-19/h3-7,14,18H,8-13,15H2,1-2H3. The van der Waals surface area contributed by atoms with E-state index in [2.05, 4.69) is 40.4 Å². The van der Waals surface area contributed by atoms with Crippen molar-refractivity contribution in [2.75, 3.05) is 13.1 Å². The second-order valence-electron chi connectivity index (χ2n) is 7.74. The molecule has 1 amide bonds. The molecule has 4 rings (SSSR count). The lowest BCUT2D eigenvalue weighted by atomic mass is 9.91. The second-order valence-corrected chi connectivity index (χ2v) is 7.74. The first kappa shape index (κ1) is 16.4. The molecule has 1 saturated heterocycles. The number of carbonyl (C=O) groups is 1. The molecule has 1 saturated carbocycles. The van der Waals surface area contributed by atoms with Gasteiger partial charge in [-0.15, -0.1) is 0 Å². The Hall–Kier alpha value is -2.10. The molecule has 4 heteroatoms. The molecule has 0 radical (unpaired) electrons. The van der Waals surface area contributed by atoms with Gasteiger partial charge in [0.15, 0.2) is 0 Å². The lowest BCUT2D eigenvalue weighted by molar-refractivity contribution is -0.135. The number of hydrogen-bond donors (Lipinski definition) is 0. The van der Waals surface area contributed by atoms with E-state index in [4.69, 9.17) is 0 Å². The van der Waals surface area contributed by atoms with Crippen molar-refractivity contribution in [2.45, 2.75) is 51.5 Å². The Bertz CT molecular complexity index is 733. The number of rotatable bonds is 4. The minimum atomic E-state index is -0.217. The normalized spacial score (nSPS) is 19.8. The van der Waals surface area contributed by atoms with Gasteiger partial charge in [0.1, 0.15) is 5.82 Å². The van der Waals surface area contributed by atoms with Crippen LogP contribution in [0.1, 0.15) is 42.8 Å². The lowest BCUT2D eigenvalue weighted by Crippen LogP contribution is -2.44. The highest BCUT2D eigenvalue weighted by molar-refractivity contribution is 5.91.